The van der Waals surface area contributed by atoms with Gasteiger partial charge in [-0.3, -0.25) is 0 Å². The molecule has 0 fully saturated rings. The molecular formula is C22H16N2. The van der Waals surface area contributed by atoms with Crippen molar-refractivity contribution in [2.45, 2.75) is 13.3 Å². The van der Waals surface area contributed by atoms with Crippen molar-refractivity contribution < 1.29 is 0 Å². The average molecular weight is 308 g/mol. The fourth-order valence-corrected chi connectivity index (χ4v) is 3.66. The van der Waals surface area contributed by atoms with Crippen molar-refractivity contribution in [1.82, 2.24) is 9.97 Å². The number of aromatic nitrogens is 2. The van der Waals surface area contributed by atoms with E-state index in [9.17, 15) is 0 Å². The lowest BCUT2D eigenvalue weighted by Crippen LogP contribution is -1.98. The Hall–Kier alpha value is -3.00. The number of hydrogen-bond donors (Lipinski definition) is 0. The van der Waals surface area contributed by atoms with Crippen molar-refractivity contribution in [2.75, 3.05) is 0 Å². The van der Waals surface area contributed by atoms with E-state index < -0.39 is 0 Å². The first-order chi connectivity index (χ1) is 11.8. The highest BCUT2D eigenvalue weighted by Crippen LogP contribution is 2.41. The van der Waals surface area contributed by atoms with Crippen LogP contribution in [-0.2, 0) is 6.42 Å². The lowest BCUT2D eigenvalue weighted by Gasteiger charge is -2.09. The third-order valence-electron chi connectivity index (χ3n) is 4.87. The molecule has 1 heterocycles. The number of nitrogens with zero attached hydrogens (tertiary/aromatic N) is 2. The van der Waals surface area contributed by atoms with Crippen molar-refractivity contribution in [1.29, 1.82) is 0 Å². The van der Waals surface area contributed by atoms with Crippen LogP contribution in [0.25, 0.3) is 33.4 Å². The van der Waals surface area contributed by atoms with Crippen LogP contribution in [0.1, 0.15) is 16.8 Å². The molecule has 3 aromatic carbocycles. The molecule has 1 aliphatic rings. The van der Waals surface area contributed by atoms with Gasteiger partial charge in [0.05, 0.1) is 5.69 Å². The Kier molecular flexibility index (Phi) is 2.80. The fourth-order valence-electron chi connectivity index (χ4n) is 3.66. The normalized spacial score (nSPS) is 12.2. The van der Waals surface area contributed by atoms with E-state index in [1.165, 1.54) is 27.5 Å². The maximum absolute atomic E-state index is 4.96. The summed E-state index contributed by atoms with van der Waals surface area (Å²) in [4.78, 5) is 9.73. The fraction of sp³-hybridized carbons (Fsp3) is 0.0909. The number of aryl methyl sites for hydroxylation is 1. The lowest BCUT2D eigenvalue weighted by molar-refractivity contribution is 1.06. The zero-order valence-electron chi connectivity index (χ0n) is 13.5. The molecule has 114 valence electrons. The zero-order chi connectivity index (χ0) is 16.1. The van der Waals surface area contributed by atoms with Gasteiger partial charge < -0.3 is 0 Å². The highest BCUT2D eigenvalue weighted by molar-refractivity contribution is 6.00. The number of benzene rings is 3. The number of fused-ring (bicyclic) bond motifs is 5. The van der Waals surface area contributed by atoms with E-state index in [1.807, 2.05) is 18.2 Å². The van der Waals surface area contributed by atoms with E-state index in [1.54, 1.807) is 0 Å². The minimum absolute atomic E-state index is 0.813. The van der Waals surface area contributed by atoms with Gasteiger partial charge in [-0.2, -0.15) is 0 Å². The van der Waals surface area contributed by atoms with Gasteiger partial charge in [-0.25, -0.2) is 9.97 Å². The Bertz CT molecular complexity index is 1080. The van der Waals surface area contributed by atoms with Crippen molar-refractivity contribution >= 4 is 10.8 Å². The van der Waals surface area contributed by atoms with Crippen LogP contribution in [0.15, 0.2) is 66.7 Å². The molecule has 0 atom stereocenters. The van der Waals surface area contributed by atoms with Gasteiger partial charge in [-0.15, -0.1) is 0 Å². The van der Waals surface area contributed by atoms with E-state index in [4.69, 9.17) is 9.97 Å². The number of hydrogen-bond acceptors (Lipinski definition) is 2. The summed E-state index contributed by atoms with van der Waals surface area (Å²) in [7, 11) is 0. The molecule has 0 saturated carbocycles. The summed E-state index contributed by atoms with van der Waals surface area (Å²) < 4.78 is 0. The maximum Gasteiger partial charge on any atom is 0.160 e. The van der Waals surface area contributed by atoms with Gasteiger partial charge >= 0.3 is 0 Å². The molecule has 0 radical (unpaired) electrons. The van der Waals surface area contributed by atoms with E-state index in [2.05, 4.69) is 55.5 Å². The Labute approximate surface area is 140 Å². The van der Waals surface area contributed by atoms with Crippen LogP contribution in [0.4, 0.5) is 0 Å². The van der Waals surface area contributed by atoms with Gasteiger partial charge in [0, 0.05) is 28.8 Å². The summed E-state index contributed by atoms with van der Waals surface area (Å²) in [6.45, 7) is 2.10. The molecule has 0 amide bonds. The topological polar surface area (TPSA) is 25.8 Å². The van der Waals surface area contributed by atoms with Gasteiger partial charge in [0.15, 0.2) is 5.82 Å². The second-order valence-electron chi connectivity index (χ2n) is 6.32. The monoisotopic (exact) mass is 308 g/mol. The Balaban J connectivity index is 1.82. The van der Waals surface area contributed by atoms with Crippen LogP contribution < -0.4 is 0 Å². The van der Waals surface area contributed by atoms with Crippen LogP contribution in [0.3, 0.4) is 0 Å². The molecule has 2 heteroatoms. The zero-order valence-corrected chi connectivity index (χ0v) is 13.5. The second-order valence-corrected chi connectivity index (χ2v) is 6.32. The Morgan fingerprint density at radius 3 is 2.46 bits per heavy atom. The van der Waals surface area contributed by atoms with Crippen LogP contribution in [-0.4, -0.2) is 9.97 Å². The lowest BCUT2D eigenvalue weighted by atomic mass is 10.0. The number of rotatable bonds is 1. The molecule has 1 aromatic heterocycles. The van der Waals surface area contributed by atoms with E-state index in [-0.39, 0.29) is 0 Å². The molecular weight excluding hydrogens is 292 g/mol. The highest BCUT2D eigenvalue weighted by atomic mass is 14.9. The minimum atomic E-state index is 0.813. The van der Waals surface area contributed by atoms with Crippen LogP contribution in [0.5, 0.6) is 0 Å². The summed E-state index contributed by atoms with van der Waals surface area (Å²) in [5.41, 5.74) is 7.16. The summed E-state index contributed by atoms with van der Waals surface area (Å²) in [5.74, 6) is 0.813. The largest absolute Gasteiger partial charge is 0.233 e. The molecule has 4 aromatic rings. The van der Waals surface area contributed by atoms with Crippen molar-refractivity contribution in [3.05, 3.63) is 83.6 Å². The Morgan fingerprint density at radius 1 is 0.792 bits per heavy atom. The van der Waals surface area contributed by atoms with Crippen LogP contribution in [0, 0.1) is 6.92 Å². The molecule has 0 N–H and O–H groups in total. The first-order valence-electron chi connectivity index (χ1n) is 8.25. The molecule has 0 aliphatic heterocycles. The summed E-state index contributed by atoms with van der Waals surface area (Å²) >= 11 is 0. The van der Waals surface area contributed by atoms with Crippen molar-refractivity contribution in [3.63, 3.8) is 0 Å². The van der Waals surface area contributed by atoms with E-state index in [0.717, 1.165) is 29.2 Å². The average Bonchev–Trinajstić information content (AvgIpc) is 3.02. The smallest absolute Gasteiger partial charge is 0.160 e. The maximum atomic E-state index is 4.96. The van der Waals surface area contributed by atoms with Gasteiger partial charge in [-0.05, 0) is 23.3 Å². The minimum Gasteiger partial charge on any atom is -0.233 e. The predicted molar refractivity (Wildman–Crippen MR) is 98.0 cm³/mol. The molecule has 0 spiro atoms. The molecule has 24 heavy (non-hydrogen) atoms. The molecule has 0 unspecified atom stereocenters. The first-order valence-corrected chi connectivity index (χ1v) is 8.25. The molecule has 5 rings (SSSR count). The Morgan fingerprint density at radius 2 is 1.58 bits per heavy atom. The van der Waals surface area contributed by atoms with Gasteiger partial charge in [0.25, 0.3) is 0 Å². The van der Waals surface area contributed by atoms with E-state index >= 15 is 0 Å². The predicted octanol–water partition coefficient (Wildman–Crippen LogP) is 5.18. The van der Waals surface area contributed by atoms with Gasteiger partial charge in [-0.1, -0.05) is 66.7 Å². The van der Waals surface area contributed by atoms with E-state index in [0.29, 0.717) is 0 Å². The van der Waals surface area contributed by atoms with Crippen LogP contribution >= 0.6 is 0 Å². The third kappa shape index (κ3) is 1.89. The molecule has 0 saturated heterocycles. The summed E-state index contributed by atoms with van der Waals surface area (Å²) in [6, 6.07) is 23.2. The van der Waals surface area contributed by atoms with Crippen molar-refractivity contribution in [2.24, 2.45) is 0 Å². The SMILES string of the molecule is Cc1nc(-c2ccccc2)nc2c1Cc1ccc3ccccc3c1-2. The van der Waals surface area contributed by atoms with Crippen molar-refractivity contribution in [3.8, 4) is 22.6 Å². The second kappa shape index (κ2) is 5.00. The highest BCUT2D eigenvalue weighted by Gasteiger charge is 2.25. The van der Waals surface area contributed by atoms with Crippen LogP contribution in [0.2, 0.25) is 0 Å². The summed E-state index contributed by atoms with van der Waals surface area (Å²) in [6.07, 6.45) is 0.927. The first kappa shape index (κ1) is 13.4. The quantitative estimate of drug-likeness (QED) is 0.426. The molecule has 0 bridgehead atoms. The third-order valence-corrected chi connectivity index (χ3v) is 4.87. The van der Waals surface area contributed by atoms with Gasteiger partial charge in [0.2, 0.25) is 0 Å². The molecule has 2 nitrogen and oxygen atoms in total. The molecule has 1 aliphatic carbocycles. The standard InChI is InChI=1S/C22H16N2/c1-14-19-13-17-12-11-15-7-5-6-10-18(15)20(17)21(19)24-22(23-14)16-8-3-2-4-9-16/h2-12H,13H2,1H3. The summed E-state index contributed by atoms with van der Waals surface area (Å²) in [5, 5.41) is 2.55. The van der Waals surface area contributed by atoms with Gasteiger partial charge in [0.1, 0.15) is 0 Å².